The molecule has 0 aliphatic carbocycles. The molecule has 1 heterocycles. The first-order chi connectivity index (χ1) is 7.90. The summed E-state index contributed by atoms with van der Waals surface area (Å²) in [5.41, 5.74) is 2.22. The van der Waals surface area contributed by atoms with Crippen molar-refractivity contribution in [2.45, 2.75) is 25.7 Å². The Morgan fingerprint density at radius 1 is 1.19 bits per heavy atom. The van der Waals surface area contributed by atoms with Crippen molar-refractivity contribution in [3.05, 3.63) is 30.1 Å². The second kappa shape index (κ2) is 5.66. The van der Waals surface area contributed by atoms with Crippen molar-refractivity contribution < 1.29 is 0 Å². The predicted octanol–water partition coefficient (Wildman–Crippen LogP) is 2.50. The van der Waals surface area contributed by atoms with Crippen LogP contribution in [0.3, 0.4) is 0 Å². The lowest BCUT2D eigenvalue weighted by Crippen LogP contribution is -2.07. The van der Waals surface area contributed by atoms with Gasteiger partial charge in [-0.15, -0.1) is 0 Å². The van der Waals surface area contributed by atoms with E-state index in [0.717, 1.165) is 29.8 Å². The number of hydrogen-bond acceptors (Lipinski definition) is 2. The number of aromatic amines is 1. The number of hydrogen-bond donors (Lipinski definition) is 2. The molecule has 0 fully saturated rings. The van der Waals surface area contributed by atoms with E-state index in [-0.39, 0.29) is 0 Å². The number of para-hydroxylation sites is 2. The van der Waals surface area contributed by atoms with Gasteiger partial charge in [0, 0.05) is 6.42 Å². The lowest BCUT2D eigenvalue weighted by Gasteiger charge is -1.98. The summed E-state index contributed by atoms with van der Waals surface area (Å²) in [6.45, 7) is 1.11. The summed E-state index contributed by atoms with van der Waals surface area (Å²) in [7, 11) is 2.00. The van der Waals surface area contributed by atoms with Crippen LogP contribution < -0.4 is 5.32 Å². The summed E-state index contributed by atoms with van der Waals surface area (Å²) < 4.78 is 0. The molecule has 0 saturated carbocycles. The van der Waals surface area contributed by atoms with Gasteiger partial charge in [-0.25, -0.2) is 4.98 Å². The zero-order valence-electron chi connectivity index (χ0n) is 9.79. The van der Waals surface area contributed by atoms with Crippen LogP contribution in [0.2, 0.25) is 0 Å². The molecule has 2 aromatic rings. The zero-order chi connectivity index (χ0) is 11.2. The van der Waals surface area contributed by atoms with E-state index in [1.54, 1.807) is 0 Å². The largest absolute Gasteiger partial charge is 0.342 e. The van der Waals surface area contributed by atoms with Gasteiger partial charge in [0.15, 0.2) is 0 Å². The van der Waals surface area contributed by atoms with Crippen LogP contribution in [0.4, 0.5) is 0 Å². The number of aromatic nitrogens is 2. The highest BCUT2D eigenvalue weighted by Gasteiger charge is 2.00. The minimum absolute atomic E-state index is 1.05. The highest BCUT2D eigenvalue weighted by molar-refractivity contribution is 5.74. The Labute approximate surface area is 96.3 Å². The van der Waals surface area contributed by atoms with Crippen molar-refractivity contribution in [1.29, 1.82) is 0 Å². The molecule has 0 aliphatic rings. The molecular weight excluding hydrogens is 198 g/mol. The van der Waals surface area contributed by atoms with Gasteiger partial charge in [-0.05, 0) is 38.6 Å². The van der Waals surface area contributed by atoms with Crippen LogP contribution >= 0.6 is 0 Å². The third kappa shape index (κ3) is 2.83. The SMILES string of the molecule is CNCCCCCc1nc2ccccc2[nH]1. The standard InChI is InChI=1S/C13H19N3/c1-14-10-6-2-3-9-13-15-11-7-4-5-8-12(11)16-13/h4-5,7-8,14H,2-3,6,9-10H2,1H3,(H,15,16). The maximum absolute atomic E-state index is 4.56. The Hall–Kier alpha value is -1.35. The molecular formula is C13H19N3. The minimum Gasteiger partial charge on any atom is -0.342 e. The Morgan fingerprint density at radius 3 is 2.88 bits per heavy atom. The molecule has 0 atom stereocenters. The number of fused-ring (bicyclic) bond motifs is 1. The fourth-order valence-corrected chi connectivity index (χ4v) is 1.90. The fourth-order valence-electron chi connectivity index (χ4n) is 1.90. The second-order valence-electron chi connectivity index (χ2n) is 4.11. The number of unbranched alkanes of at least 4 members (excludes halogenated alkanes) is 2. The van der Waals surface area contributed by atoms with E-state index in [2.05, 4.69) is 27.4 Å². The number of nitrogens with one attached hydrogen (secondary N) is 2. The van der Waals surface area contributed by atoms with Crippen LogP contribution in [-0.4, -0.2) is 23.6 Å². The number of aryl methyl sites for hydroxylation is 1. The number of benzene rings is 1. The van der Waals surface area contributed by atoms with E-state index in [4.69, 9.17) is 0 Å². The summed E-state index contributed by atoms with van der Waals surface area (Å²) in [5, 5.41) is 3.16. The lowest BCUT2D eigenvalue weighted by molar-refractivity contribution is 0.635. The van der Waals surface area contributed by atoms with Gasteiger partial charge in [-0.3, -0.25) is 0 Å². The molecule has 16 heavy (non-hydrogen) atoms. The van der Waals surface area contributed by atoms with E-state index in [1.807, 2.05) is 19.2 Å². The summed E-state index contributed by atoms with van der Waals surface area (Å²) in [6.07, 6.45) is 4.77. The van der Waals surface area contributed by atoms with Crippen molar-refractivity contribution in [2.24, 2.45) is 0 Å². The molecule has 3 heteroatoms. The van der Waals surface area contributed by atoms with Gasteiger partial charge in [-0.2, -0.15) is 0 Å². The Bertz CT molecular complexity index is 400. The van der Waals surface area contributed by atoms with Crippen molar-refractivity contribution in [2.75, 3.05) is 13.6 Å². The summed E-state index contributed by atoms with van der Waals surface area (Å²) >= 11 is 0. The smallest absolute Gasteiger partial charge is 0.107 e. The summed E-state index contributed by atoms with van der Waals surface area (Å²) in [4.78, 5) is 7.92. The molecule has 3 nitrogen and oxygen atoms in total. The maximum atomic E-state index is 4.56. The summed E-state index contributed by atoms with van der Waals surface area (Å²) in [5.74, 6) is 1.12. The molecule has 0 bridgehead atoms. The Kier molecular flexibility index (Phi) is 3.94. The molecule has 1 aromatic heterocycles. The maximum Gasteiger partial charge on any atom is 0.107 e. The van der Waals surface area contributed by atoms with Gasteiger partial charge >= 0.3 is 0 Å². The van der Waals surface area contributed by atoms with Crippen LogP contribution in [0.15, 0.2) is 24.3 Å². The van der Waals surface area contributed by atoms with Crippen molar-refractivity contribution in [3.8, 4) is 0 Å². The van der Waals surface area contributed by atoms with Crippen LogP contribution in [0.25, 0.3) is 11.0 Å². The Morgan fingerprint density at radius 2 is 2.06 bits per heavy atom. The van der Waals surface area contributed by atoms with Gasteiger partial charge in [0.25, 0.3) is 0 Å². The molecule has 0 amide bonds. The highest BCUT2D eigenvalue weighted by atomic mass is 14.9. The van der Waals surface area contributed by atoms with E-state index in [1.165, 1.54) is 19.3 Å². The molecule has 0 aliphatic heterocycles. The van der Waals surface area contributed by atoms with Crippen molar-refractivity contribution >= 4 is 11.0 Å². The van der Waals surface area contributed by atoms with Gasteiger partial charge in [-0.1, -0.05) is 18.6 Å². The molecule has 2 N–H and O–H groups in total. The lowest BCUT2D eigenvalue weighted by atomic mass is 10.2. The molecule has 0 saturated heterocycles. The minimum atomic E-state index is 1.05. The third-order valence-electron chi connectivity index (χ3n) is 2.78. The normalized spacial score (nSPS) is 11.1. The molecule has 0 spiro atoms. The van der Waals surface area contributed by atoms with E-state index >= 15 is 0 Å². The first-order valence-electron chi connectivity index (χ1n) is 5.98. The predicted molar refractivity (Wildman–Crippen MR) is 67.6 cm³/mol. The molecule has 0 unspecified atom stereocenters. The van der Waals surface area contributed by atoms with Crippen LogP contribution in [0, 0.1) is 0 Å². The average molecular weight is 217 g/mol. The topological polar surface area (TPSA) is 40.7 Å². The van der Waals surface area contributed by atoms with Gasteiger partial charge < -0.3 is 10.3 Å². The number of imidazole rings is 1. The van der Waals surface area contributed by atoms with E-state index in [9.17, 15) is 0 Å². The molecule has 0 radical (unpaired) electrons. The molecule has 86 valence electrons. The highest BCUT2D eigenvalue weighted by Crippen LogP contribution is 2.12. The van der Waals surface area contributed by atoms with E-state index < -0.39 is 0 Å². The zero-order valence-corrected chi connectivity index (χ0v) is 9.79. The Balaban J connectivity index is 1.85. The van der Waals surface area contributed by atoms with Gasteiger partial charge in [0.2, 0.25) is 0 Å². The first-order valence-corrected chi connectivity index (χ1v) is 5.98. The third-order valence-corrected chi connectivity index (χ3v) is 2.78. The number of H-pyrrole nitrogens is 1. The quantitative estimate of drug-likeness (QED) is 0.730. The summed E-state index contributed by atoms with van der Waals surface area (Å²) in [6, 6.07) is 8.19. The van der Waals surface area contributed by atoms with Crippen molar-refractivity contribution in [1.82, 2.24) is 15.3 Å². The van der Waals surface area contributed by atoms with Crippen molar-refractivity contribution in [3.63, 3.8) is 0 Å². The monoisotopic (exact) mass is 217 g/mol. The van der Waals surface area contributed by atoms with Crippen LogP contribution in [0.5, 0.6) is 0 Å². The number of rotatable bonds is 6. The second-order valence-corrected chi connectivity index (χ2v) is 4.11. The van der Waals surface area contributed by atoms with E-state index in [0.29, 0.717) is 0 Å². The average Bonchev–Trinajstić information content (AvgIpc) is 2.71. The molecule has 1 aromatic carbocycles. The molecule has 2 rings (SSSR count). The van der Waals surface area contributed by atoms with Crippen LogP contribution in [-0.2, 0) is 6.42 Å². The van der Waals surface area contributed by atoms with Gasteiger partial charge in [0.05, 0.1) is 11.0 Å². The number of nitrogens with zero attached hydrogens (tertiary/aromatic N) is 1. The van der Waals surface area contributed by atoms with Gasteiger partial charge in [0.1, 0.15) is 5.82 Å². The first kappa shape index (κ1) is 11.1. The van der Waals surface area contributed by atoms with Crippen LogP contribution in [0.1, 0.15) is 25.1 Å². The fraction of sp³-hybridized carbons (Fsp3) is 0.462.